The van der Waals surface area contributed by atoms with Crippen molar-refractivity contribution in [2.24, 2.45) is 11.8 Å². The van der Waals surface area contributed by atoms with Crippen molar-refractivity contribution in [3.8, 4) is 11.5 Å². The van der Waals surface area contributed by atoms with Gasteiger partial charge in [-0.05, 0) is 30.0 Å². The van der Waals surface area contributed by atoms with Gasteiger partial charge in [0.2, 0.25) is 22.7 Å². The van der Waals surface area contributed by atoms with Crippen molar-refractivity contribution in [2.45, 2.75) is 51.2 Å². The number of benzene rings is 2. The molecule has 3 unspecified atom stereocenters. The number of aliphatic hydroxyl groups is 1. The predicted octanol–water partition coefficient (Wildman–Crippen LogP) is 3.07. The first-order valence-electron chi connectivity index (χ1n) is 12.5. The van der Waals surface area contributed by atoms with Gasteiger partial charge in [0.15, 0.2) is 16.6 Å². The molecule has 0 fully saturated rings. The zero-order chi connectivity index (χ0) is 27.9. The van der Waals surface area contributed by atoms with E-state index in [1.165, 1.54) is 23.4 Å². The fraction of sp³-hybridized carbons (Fsp3) is 0.481. The largest absolute Gasteiger partial charge is 0.454 e. The number of amides is 1. The third-order valence-electron chi connectivity index (χ3n) is 6.02. The number of nitrogens with zero attached hydrogens (tertiary/aromatic N) is 1. The molecule has 0 radical (unpaired) electrons. The molecular weight excluding hydrogens is 528 g/mol. The van der Waals surface area contributed by atoms with Crippen LogP contribution < -0.4 is 14.8 Å². The number of ether oxygens (including phenoxy) is 2. The van der Waals surface area contributed by atoms with Gasteiger partial charge in [-0.1, -0.05) is 62.9 Å². The molecule has 9 nitrogen and oxygen atoms in total. The maximum Gasteiger partial charge on any atom is 0.243 e. The van der Waals surface area contributed by atoms with Crippen LogP contribution in [0.25, 0.3) is 0 Å². The number of thioether (sulfide) groups is 1. The Balaban J connectivity index is 1.83. The van der Waals surface area contributed by atoms with Crippen LogP contribution in [-0.2, 0) is 26.0 Å². The molecule has 0 aliphatic carbocycles. The molecule has 1 amide bonds. The van der Waals surface area contributed by atoms with E-state index >= 15 is 0 Å². The number of fused-ring (bicyclic) bond motifs is 1. The van der Waals surface area contributed by atoms with E-state index in [0.717, 1.165) is 17.3 Å². The summed E-state index contributed by atoms with van der Waals surface area (Å²) >= 11 is 1.07. The monoisotopic (exact) mass is 564 g/mol. The topological polar surface area (TPSA) is 122 Å². The molecule has 1 aliphatic heterocycles. The van der Waals surface area contributed by atoms with Gasteiger partial charge in [-0.15, -0.1) is 0 Å². The third-order valence-corrected chi connectivity index (χ3v) is 8.92. The van der Waals surface area contributed by atoms with Crippen LogP contribution in [0, 0.1) is 11.8 Å². The van der Waals surface area contributed by atoms with Crippen molar-refractivity contribution >= 4 is 32.8 Å². The summed E-state index contributed by atoms with van der Waals surface area (Å²) in [6.45, 7) is 6.93. The lowest BCUT2D eigenvalue weighted by molar-refractivity contribution is -0.125. The molecule has 0 spiro atoms. The van der Waals surface area contributed by atoms with Gasteiger partial charge in [-0.25, -0.2) is 8.42 Å². The molecule has 208 valence electrons. The Labute approximate surface area is 228 Å². The fourth-order valence-electron chi connectivity index (χ4n) is 3.99. The molecule has 0 bridgehead atoms. The smallest absolute Gasteiger partial charge is 0.243 e. The minimum absolute atomic E-state index is 0.0169. The summed E-state index contributed by atoms with van der Waals surface area (Å²) in [7, 11) is -4.00. The van der Waals surface area contributed by atoms with Gasteiger partial charge in [-0.3, -0.25) is 9.59 Å². The Hall–Kier alpha value is -2.60. The SMILES string of the molecule is CC(=O)SCC(C)C(=O)NC(Cc1ccccc1)C(O)CN(CC(C)C)S(=O)(=O)c1ccc2c(c1)OCO2. The summed E-state index contributed by atoms with van der Waals surface area (Å²) in [5, 5.41) is 14.2. The van der Waals surface area contributed by atoms with Crippen molar-refractivity contribution < 1.29 is 32.6 Å². The average molecular weight is 565 g/mol. The highest BCUT2D eigenvalue weighted by molar-refractivity contribution is 8.13. The number of hydrogen-bond acceptors (Lipinski definition) is 8. The van der Waals surface area contributed by atoms with Crippen LogP contribution in [0.15, 0.2) is 53.4 Å². The van der Waals surface area contributed by atoms with Gasteiger partial charge in [0.25, 0.3) is 0 Å². The molecule has 38 heavy (non-hydrogen) atoms. The van der Waals surface area contributed by atoms with Crippen LogP contribution in [-0.4, -0.2) is 66.6 Å². The maximum absolute atomic E-state index is 13.7. The quantitative estimate of drug-likeness (QED) is 0.381. The predicted molar refractivity (Wildman–Crippen MR) is 147 cm³/mol. The second-order valence-corrected chi connectivity index (χ2v) is 12.9. The van der Waals surface area contributed by atoms with Crippen molar-refractivity contribution in [3.05, 3.63) is 54.1 Å². The van der Waals surface area contributed by atoms with E-state index in [4.69, 9.17) is 9.47 Å². The molecule has 1 heterocycles. The summed E-state index contributed by atoms with van der Waals surface area (Å²) in [6, 6.07) is 13.1. The number of sulfonamides is 1. The Morgan fingerprint density at radius 2 is 1.74 bits per heavy atom. The zero-order valence-corrected chi connectivity index (χ0v) is 23.8. The van der Waals surface area contributed by atoms with Crippen LogP contribution >= 0.6 is 11.8 Å². The molecule has 1 aliphatic rings. The molecule has 11 heteroatoms. The fourth-order valence-corrected chi connectivity index (χ4v) is 6.27. The van der Waals surface area contributed by atoms with Crippen molar-refractivity contribution in [3.63, 3.8) is 0 Å². The summed E-state index contributed by atoms with van der Waals surface area (Å²) in [4.78, 5) is 24.3. The van der Waals surface area contributed by atoms with Crippen LogP contribution in [0.1, 0.15) is 33.3 Å². The van der Waals surface area contributed by atoms with E-state index in [9.17, 15) is 23.1 Å². The first-order valence-corrected chi connectivity index (χ1v) is 15.0. The van der Waals surface area contributed by atoms with E-state index in [1.54, 1.807) is 13.0 Å². The number of carbonyl (C=O) groups excluding carboxylic acids is 2. The van der Waals surface area contributed by atoms with Crippen molar-refractivity contribution in [1.29, 1.82) is 0 Å². The Morgan fingerprint density at radius 1 is 1.05 bits per heavy atom. The van der Waals surface area contributed by atoms with Crippen LogP contribution in [0.2, 0.25) is 0 Å². The first-order chi connectivity index (χ1) is 18.0. The number of rotatable bonds is 13. The maximum atomic E-state index is 13.7. The van der Waals surface area contributed by atoms with Crippen molar-refractivity contribution in [2.75, 3.05) is 25.6 Å². The standard InChI is InChI=1S/C27H36N2O7S2/c1-18(2)14-29(38(33,34)22-10-11-25-26(13-22)36-17-35-25)15-24(31)23(12-21-8-6-5-7-9-21)28-27(32)19(3)16-37-20(4)30/h5-11,13,18-19,23-24,31H,12,14-17H2,1-4H3,(H,28,32). The number of hydrogen-bond donors (Lipinski definition) is 2. The minimum atomic E-state index is -4.00. The summed E-state index contributed by atoms with van der Waals surface area (Å²) in [6.07, 6.45) is -0.894. The summed E-state index contributed by atoms with van der Waals surface area (Å²) in [5.41, 5.74) is 0.886. The highest BCUT2D eigenvalue weighted by Gasteiger charge is 2.33. The van der Waals surface area contributed by atoms with Gasteiger partial charge >= 0.3 is 0 Å². The molecule has 2 N–H and O–H groups in total. The average Bonchev–Trinajstić information content (AvgIpc) is 3.34. The van der Waals surface area contributed by atoms with E-state index in [2.05, 4.69) is 5.32 Å². The number of aliphatic hydroxyl groups excluding tert-OH is 1. The van der Waals surface area contributed by atoms with Crippen LogP contribution in [0.3, 0.4) is 0 Å². The van der Waals surface area contributed by atoms with Crippen molar-refractivity contribution in [1.82, 2.24) is 9.62 Å². The highest BCUT2D eigenvalue weighted by Crippen LogP contribution is 2.35. The van der Waals surface area contributed by atoms with E-state index in [0.29, 0.717) is 23.7 Å². The number of nitrogens with one attached hydrogen (secondary N) is 1. The molecule has 2 aromatic carbocycles. The first kappa shape index (κ1) is 29.9. The molecule has 3 rings (SSSR count). The Kier molecular flexibility index (Phi) is 10.6. The van der Waals surface area contributed by atoms with Gasteiger partial charge < -0.3 is 19.9 Å². The minimum Gasteiger partial charge on any atom is -0.454 e. The van der Waals surface area contributed by atoms with E-state index in [-0.39, 0.29) is 41.7 Å². The Bertz CT molecular complexity index is 1210. The van der Waals surface area contributed by atoms with Gasteiger partial charge in [0.05, 0.1) is 17.0 Å². The van der Waals surface area contributed by atoms with Crippen LogP contribution in [0.5, 0.6) is 11.5 Å². The molecule has 3 atom stereocenters. The second kappa shape index (κ2) is 13.5. The molecule has 0 aromatic heterocycles. The molecule has 0 saturated heterocycles. The Morgan fingerprint density at radius 3 is 2.39 bits per heavy atom. The van der Waals surface area contributed by atoms with Gasteiger partial charge in [0, 0.05) is 37.8 Å². The summed E-state index contributed by atoms with van der Waals surface area (Å²) < 4.78 is 39.2. The van der Waals surface area contributed by atoms with Crippen LogP contribution in [0.4, 0.5) is 0 Å². The third kappa shape index (κ3) is 8.20. The molecule has 0 saturated carbocycles. The second-order valence-electron chi connectivity index (χ2n) is 9.81. The molecular formula is C27H36N2O7S2. The highest BCUT2D eigenvalue weighted by atomic mass is 32.2. The van der Waals surface area contributed by atoms with Gasteiger partial charge in [0.1, 0.15) is 0 Å². The molecule has 2 aromatic rings. The lowest BCUT2D eigenvalue weighted by Gasteiger charge is -2.31. The zero-order valence-electron chi connectivity index (χ0n) is 22.1. The van der Waals surface area contributed by atoms with E-state index < -0.39 is 28.1 Å². The van der Waals surface area contributed by atoms with Gasteiger partial charge in [-0.2, -0.15) is 4.31 Å². The lowest BCUT2D eigenvalue weighted by atomic mass is 10.00. The summed E-state index contributed by atoms with van der Waals surface area (Å²) in [5.74, 6) is 0.334. The lowest BCUT2D eigenvalue weighted by Crippen LogP contribution is -2.52. The normalized spacial score (nSPS) is 15.3. The number of carbonyl (C=O) groups is 2. The van der Waals surface area contributed by atoms with E-state index in [1.807, 2.05) is 44.2 Å².